The van der Waals surface area contributed by atoms with E-state index < -0.39 is 23.7 Å². The Labute approximate surface area is 98.3 Å². The summed E-state index contributed by atoms with van der Waals surface area (Å²) < 4.78 is 4.69. The van der Waals surface area contributed by atoms with E-state index in [2.05, 4.69) is 11.6 Å². The largest absolute Gasteiger partial charge is 0.458 e. The molecule has 96 valence electrons. The van der Waals surface area contributed by atoms with Crippen LogP contribution in [0.5, 0.6) is 0 Å². The smallest absolute Gasteiger partial charge is 0.303 e. The second kappa shape index (κ2) is 7.34. The lowest BCUT2D eigenvalue weighted by Crippen LogP contribution is -2.43. The van der Waals surface area contributed by atoms with Gasteiger partial charge in [-0.3, -0.25) is 4.79 Å². The van der Waals surface area contributed by atoms with Crippen molar-refractivity contribution in [3.05, 3.63) is 22.9 Å². The number of nitro groups is 1. The van der Waals surface area contributed by atoms with E-state index in [4.69, 9.17) is 9.84 Å². The average Bonchev–Trinajstić information content (AvgIpc) is 2.23. The first kappa shape index (κ1) is 15.0. The van der Waals surface area contributed by atoms with Crippen LogP contribution in [0.15, 0.2) is 17.8 Å². The maximum atomic E-state index is 10.7. The molecule has 0 rings (SSSR count). The molecule has 1 atom stereocenters. The van der Waals surface area contributed by atoms with Gasteiger partial charge in [0.25, 0.3) is 0 Å². The monoisotopic (exact) mass is 245 g/mol. The Bertz CT molecular complexity index is 329. The number of nitrogens with zero attached hydrogens (tertiary/aromatic N) is 3. The van der Waals surface area contributed by atoms with E-state index in [1.165, 1.54) is 6.92 Å². The van der Waals surface area contributed by atoms with Crippen LogP contribution in [0, 0.1) is 10.1 Å². The predicted octanol–water partition coefficient (Wildman–Crippen LogP) is -0.0340. The van der Waals surface area contributed by atoms with Crippen LogP contribution in [0.1, 0.15) is 13.8 Å². The molecular formula is C9H15N3O5. The van der Waals surface area contributed by atoms with Crippen molar-refractivity contribution >= 4 is 11.8 Å². The van der Waals surface area contributed by atoms with Crippen LogP contribution in [0.25, 0.3) is 0 Å². The fourth-order valence-electron chi connectivity index (χ4n) is 1.08. The zero-order valence-electron chi connectivity index (χ0n) is 9.70. The Morgan fingerprint density at radius 1 is 1.71 bits per heavy atom. The minimum atomic E-state index is -0.979. The molecular weight excluding hydrogens is 230 g/mol. The maximum Gasteiger partial charge on any atom is 0.303 e. The van der Waals surface area contributed by atoms with E-state index in [-0.39, 0.29) is 12.4 Å². The number of ether oxygens (including phenoxy) is 1. The van der Waals surface area contributed by atoms with Crippen molar-refractivity contribution in [3.63, 3.8) is 0 Å². The van der Waals surface area contributed by atoms with Crippen molar-refractivity contribution in [3.8, 4) is 0 Å². The molecule has 8 nitrogen and oxygen atoms in total. The van der Waals surface area contributed by atoms with E-state index in [0.717, 1.165) is 13.1 Å². The number of hydrazine groups is 1. The van der Waals surface area contributed by atoms with Crippen LogP contribution in [0.4, 0.5) is 0 Å². The third kappa shape index (κ3) is 5.61. The Morgan fingerprint density at radius 2 is 2.29 bits per heavy atom. The van der Waals surface area contributed by atoms with Gasteiger partial charge in [-0.25, -0.2) is 15.1 Å². The van der Waals surface area contributed by atoms with Gasteiger partial charge in [-0.2, -0.15) is 0 Å². The minimum Gasteiger partial charge on any atom is -0.458 e. The molecule has 0 aliphatic rings. The average molecular weight is 245 g/mol. The molecule has 0 aliphatic carbocycles. The summed E-state index contributed by atoms with van der Waals surface area (Å²) in [5, 5.41) is 19.7. The van der Waals surface area contributed by atoms with E-state index in [1.807, 2.05) is 0 Å². The fraction of sp³-hybridized carbons (Fsp3) is 0.556. The summed E-state index contributed by atoms with van der Waals surface area (Å²) in [6.07, 6.45) is 0.180. The summed E-state index contributed by atoms with van der Waals surface area (Å²) in [7, 11) is 0. The second-order valence-corrected chi connectivity index (χ2v) is 3.09. The van der Waals surface area contributed by atoms with Crippen molar-refractivity contribution in [1.82, 2.24) is 5.01 Å². The van der Waals surface area contributed by atoms with Crippen LogP contribution in [-0.2, 0) is 9.53 Å². The van der Waals surface area contributed by atoms with Gasteiger partial charge < -0.3 is 9.84 Å². The van der Waals surface area contributed by atoms with Gasteiger partial charge in [0.1, 0.15) is 12.6 Å². The van der Waals surface area contributed by atoms with E-state index in [0.29, 0.717) is 5.01 Å². The molecule has 0 aromatic heterocycles. The molecule has 0 spiro atoms. The Hall–Kier alpha value is -1.96. The number of aliphatic hydroxyl groups excluding tert-OH is 1. The highest BCUT2D eigenvalue weighted by Gasteiger charge is 2.24. The number of aliphatic imine (C=N–C) groups is 1. The van der Waals surface area contributed by atoms with Gasteiger partial charge in [0.05, 0.1) is 6.61 Å². The lowest BCUT2D eigenvalue weighted by molar-refractivity contribution is -0.630. The normalized spacial score (nSPS) is 12.8. The third-order valence-electron chi connectivity index (χ3n) is 1.76. The number of esters is 1. The van der Waals surface area contributed by atoms with Crippen molar-refractivity contribution in [2.45, 2.75) is 20.0 Å². The first-order valence-electron chi connectivity index (χ1n) is 4.77. The molecule has 8 heteroatoms. The standard InChI is InChI=1S/C9H15N3O5/c1-4-10-7(2)11(12(15)16)5-9(6-13)17-8(3)14/h4,9,13H,1,5-6H2,2-3H3/b10-7-. The predicted molar refractivity (Wildman–Crippen MR) is 59.6 cm³/mol. The van der Waals surface area contributed by atoms with Crippen LogP contribution >= 0.6 is 0 Å². The molecule has 1 unspecified atom stereocenters. The summed E-state index contributed by atoms with van der Waals surface area (Å²) in [6, 6.07) is 0. The zero-order valence-corrected chi connectivity index (χ0v) is 9.70. The Kier molecular flexibility index (Phi) is 6.49. The number of hydrogen-bond acceptors (Lipinski definition) is 6. The molecule has 0 radical (unpaired) electrons. The third-order valence-corrected chi connectivity index (χ3v) is 1.76. The Balaban J connectivity index is 4.73. The highest BCUT2D eigenvalue weighted by Crippen LogP contribution is 2.00. The number of carbonyl (C=O) groups excluding carboxylic acids is 1. The van der Waals surface area contributed by atoms with Gasteiger partial charge in [-0.1, -0.05) is 11.6 Å². The molecule has 0 aromatic rings. The highest BCUT2D eigenvalue weighted by atomic mass is 16.7. The summed E-state index contributed by atoms with van der Waals surface area (Å²) in [5.41, 5.74) is 0. The molecule has 0 heterocycles. The number of hydrogen-bond donors (Lipinski definition) is 1. The number of carbonyl (C=O) groups is 1. The molecule has 0 aromatic carbocycles. The first-order chi connectivity index (χ1) is 7.92. The Morgan fingerprint density at radius 3 is 2.65 bits per heavy atom. The van der Waals surface area contributed by atoms with Crippen molar-refractivity contribution in [2.24, 2.45) is 4.99 Å². The first-order valence-corrected chi connectivity index (χ1v) is 4.77. The maximum absolute atomic E-state index is 10.7. The molecule has 0 amide bonds. The number of aliphatic hydroxyl groups is 1. The van der Waals surface area contributed by atoms with Crippen molar-refractivity contribution < 1.29 is 19.7 Å². The van der Waals surface area contributed by atoms with Gasteiger partial charge >= 0.3 is 5.97 Å². The van der Waals surface area contributed by atoms with Crippen LogP contribution in [-0.4, -0.2) is 46.2 Å². The molecule has 0 fully saturated rings. The van der Waals surface area contributed by atoms with Crippen molar-refractivity contribution in [2.75, 3.05) is 13.2 Å². The lowest BCUT2D eigenvalue weighted by atomic mass is 10.3. The topological polar surface area (TPSA) is 105 Å². The van der Waals surface area contributed by atoms with E-state index in [1.54, 1.807) is 0 Å². The lowest BCUT2D eigenvalue weighted by Gasteiger charge is -2.19. The molecule has 0 bridgehead atoms. The number of rotatable bonds is 6. The van der Waals surface area contributed by atoms with Gasteiger partial charge in [0.15, 0.2) is 10.9 Å². The van der Waals surface area contributed by atoms with E-state index in [9.17, 15) is 14.9 Å². The number of amidine groups is 1. The minimum absolute atomic E-state index is 0.0793. The summed E-state index contributed by atoms with van der Waals surface area (Å²) in [5.74, 6) is -0.540. The SMILES string of the molecule is C=C/N=C(/C)N(CC(CO)OC(C)=O)[N+](=O)[O-]. The summed E-state index contributed by atoms with van der Waals surface area (Å²) in [6.45, 7) is 5.09. The quantitative estimate of drug-likeness (QED) is 0.231. The highest BCUT2D eigenvalue weighted by molar-refractivity contribution is 5.79. The molecule has 17 heavy (non-hydrogen) atoms. The van der Waals surface area contributed by atoms with Crippen LogP contribution in [0.2, 0.25) is 0 Å². The fourth-order valence-corrected chi connectivity index (χ4v) is 1.08. The second-order valence-electron chi connectivity index (χ2n) is 3.09. The van der Waals surface area contributed by atoms with Crippen LogP contribution < -0.4 is 0 Å². The molecule has 0 aliphatic heterocycles. The van der Waals surface area contributed by atoms with Crippen molar-refractivity contribution in [1.29, 1.82) is 0 Å². The summed E-state index contributed by atoms with van der Waals surface area (Å²) in [4.78, 5) is 25.1. The van der Waals surface area contributed by atoms with Gasteiger partial charge in [-0.05, 0) is 6.92 Å². The van der Waals surface area contributed by atoms with Gasteiger partial charge in [-0.15, -0.1) is 0 Å². The van der Waals surface area contributed by atoms with Crippen LogP contribution in [0.3, 0.4) is 0 Å². The molecule has 1 N–H and O–H groups in total. The zero-order chi connectivity index (χ0) is 13.4. The van der Waals surface area contributed by atoms with Gasteiger partial charge in [0.2, 0.25) is 0 Å². The van der Waals surface area contributed by atoms with Gasteiger partial charge in [0, 0.05) is 13.1 Å². The van der Waals surface area contributed by atoms with E-state index >= 15 is 0 Å². The molecule has 0 saturated carbocycles. The summed E-state index contributed by atoms with van der Waals surface area (Å²) >= 11 is 0. The molecule has 0 saturated heterocycles.